The zero-order chi connectivity index (χ0) is 24.8. The molecular formula is C27H38N4O3. The van der Waals surface area contributed by atoms with Crippen LogP contribution < -0.4 is 16.0 Å². The van der Waals surface area contributed by atoms with Crippen LogP contribution in [0.15, 0.2) is 48.5 Å². The molecule has 7 heteroatoms. The van der Waals surface area contributed by atoms with Crippen LogP contribution in [0.25, 0.3) is 0 Å². The second kappa shape index (κ2) is 14.7. The van der Waals surface area contributed by atoms with Crippen molar-refractivity contribution in [2.75, 3.05) is 35.6 Å². The quantitative estimate of drug-likeness (QED) is 0.320. The number of nitrogens with zero attached hydrogens (tertiary/aromatic N) is 1. The molecule has 0 spiro atoms. The van der Waals surface area contributed by atoms with Crippen LogP contribution in [0.2, 0.25) is 0 Å². The van der Waals surface area contributed by atoms with Crippen molar-refractivity contribution in [3.8, 4) is 0 Å². The summed E-state index contributed by atoms with van der Waals surface area (Å²) in [7, 11) is 0. The average molecular weight is 467 g/mol. The molecule has 0 saturated heterocycles. The van der Waals surface area contributed by atoms with E-state index in [2.05, 4.69) is 36.7 Å². The average Bonchev–Trinajstić information content (AvgIpc) is 2.83. The number of hydrogen-bond acceptors (Lipinski definition) is 4. The van der Waals surface area contributed by atoms with Crippen LogP contribution in [-0.4, -0.2) is 42.3 Å². The molecule has 34 heavy (non-hydrogen) atoms. The van der Waals surface area contributed by atoms with E-state index in [0.29, 0.717) is 29.0 Å². The molecule has 2 aromatic carbocycles. The number of hydrogen-bond donors (Lipinski definition) is 3. The van der Waals surface area contributed by atoms with Gasteiger partial charge in [-0.15, -0.1) is 0 Å². The Morgan fingerprint density at radius 2 is 1.35 bits per heavy atom. The zero-order valence-electron chi connectivity index (χ0n) is 20.7. The van der Waals surface area contributed by atoms with Gasteiger partial charge in [0.2, 0.25) is 11.8 Å². The van der Waals surface area contributed by atoms with Crippen LogP contribution in [0.4, 0.5) is 17.1 Å². The van der Waals surface area contributed by atoms with E-state index in [0.717, 1.165) is 45.2 Å². The third-order valence-corrected chi connectivity index (χ3v) is 5.27. The molecule has 0 bridgehead atoms. The van der Waals surface area contributed by atoms with E-state index in [1.807, 2.05) is 17.0 Å². The van der Waals surface area contributed by atoms with Gasteiger partial charge in [0.25, 0.3) is 5.91 Å². The molecule has 0 aliphatic carbocycles. The highest BCUT2D eigenvalue weighted by Gasteiger charge is 2.14. The van der Waals surface area contributed by atoms with E-state index in [-0.39, 0.29) is 24.3 Å². The van der Waals surface area contributed by atoms with Gasteiger partial charge >= 0.3 is 0 Å². The van der Waals surface area contributed by atoms with Gasteiger partial charge in [-0.05, 0) is 55.7 Å². The fraction of sp³-hybridized carbons (Fsp3) is 0.444. The van der Waals surface area contributed by atoms with Gasteiger partial charge in [-0.25, -0.2) is 0 Å². The minimum atomic E-state index is -0.221. The van der Waals surface area contributed by atoms with E-state index in [1.165, 1.54) is 0 Å². The molecular weight excluding hydrogens is 428 g/mol. The Bertz CT molecular complexity index is 939. The van der Waals surface area contributed by atoms with Crippen LogP contribution in [-0.2, 0) is 9.59 Å². The van der Waals surface area contributed by atoms with Gasteiger partial charge in [-0.1, -0.05) is 45.7 Å². The molecule has 0 aliphatic rings. The Kier molecular flexibility index (Phi) is 11.7. The molecule has 0 aliphatic heterocycles. The van der Waals surface area contributed by atoms with Gasteiger partial charge in [0, 0.05) is 42.1 Å². The highest BCUT2D eigenvalue weighted by Crippen LogP contribution is 2.17. The molecule has 2 aromatic rings. The third kappa shape index (κ3) is 9.25. The summed E-state index contributed by atoms with van der Waals surface area (Å²) < 4.78 is 0. The zero-order valence-corrected chi connectivity index (χ0v) is 20.7. The van der Waals surface area contributed by atoms with E-state index in [1.54, 1.807) is 36.4 Å². The van der Waals surface area contributed by atoms with Gasteiger partial charge in [0.05, 0.1) is 6.54 Å². The van der Waals surface area contributed by atoms with Gasteiger partial charge < -0.3 is 20.9 Å². The van der Waals surface area contributed by atoms with Crippen LogP contribution in [0.1, 0.15) is 69.7 Å². The van der Waals surface area contributed by atoms with E-state index >= 15 is 0 Å². The summed E-state index contributed by atoms with van der Waals surface area (Å²) >= 11 is 0. The van der Waals surface area contributed by atoms with Crippen molar-refractivity contribution in [1.29, 1.82) is 0 Å². The standard InChI is InChI=1S/C27H38N4O3/c1-4-7-8-15-25(32)29-23-13-10-14-24(19-23)30-26(33)20-28-22-12-9-11-21(18-22)27(34)31(16-5-2)17-6-3/h9-14,18-19,28H,4-8,15-17,20H2,1-3H3,(H,29,32)(H,30,33). The number of carbonyl (C=O) groups is 3. The first kappa shape index (κ1) is 26.9. The van der Waals surface area contributed by atoms with Crippen LogP contribution in [0.5, 0.6) is 0 Å². The van der Waals surface area contributed by atoms with Crippen LogP contribution >= 0.6 is 0 Å². The molecule has 0 fully saturated rings. The second-order valence-corrected chi connectivity index (χ2v) is 8.36. The maximum atomic E-state index is 12.8. The summed E-state index contributed by atoms with van der Waals surface area (Å²) in [6.07, 6.45) is 5.28. The predicted octanol–water partition coefficient (Wildman–Crippen LogP) is 5.52. The minimum absolute atomic E-state index is 0.00496. The smallest absolute Gasteiger partial charge is 0.253 e. The molecule has 0 heterocycles. The summed E-state index contributed by atoms with van der Waals surface area (Å²) in [5, 5.41) is 8.80. The van der Waals surface area contributed by atoms with E-state index in [9.17, 15) is 14.4 Å². The van der Waals surface area contributed by atoms with Crippen molar-refractivity contribution >= 4 is 34.8 Å². The monoisotopic (exact) mass is 466 g/mol. The number of amides is 3. The topological polar surface area (TPSA) is 90.5 Å². The van der Waals surface area contributed by atoms with Crippen molar-refractivity contribution in [2.45, 2.75) is 59.3 Å². The Balaban J connectivity index is 1.90. The van der Waals surface area contributed by atoms with Crippen molar-refractivity contribution in [3.05, 3.63) is 54.1 Å². The maximum absolute atomic E-state index is 12.8. The second-order valence-electron chi connectivity index (χ2n) is 8.36. The molecule has 0 radical (unpaired) electrons. The summed E-state index contributed by atoms with van der Waals surface area (Å²) in [4.78, 5) is 39.2. The van der Waals surface area contributed by atoms with Gasteiger partial charge in [-0.3, -0.25) is 14.4 Å². The first-order valence-corrected chi connectivity index (χ1v) is 12.3. The molecule has 0 atom stereocenters. The number of benzene rings is 2. The number of nitrogens with one attached hydrogen (secondary N) is 3. The lowest BCUT2D eigenvalue weighted by atomic mass is 10.1. The highest BCUT2D eigenvalue weighted by atomic mass is 16.2. The Labute approximate surface area is 203 Å². The number of unbranched alkanes of at least 4 members (excludes halogenated alkanes) is 2. The van der Waals surface area contributed by atoms with Crippen LogP contribution in [0, 0.1) is 0 Å². The normalized spacial score (nSPS) is 10.4. The summed E-state index contributed by atoms with van der Waals surface area (Å²) in [5.74, 6) is -0.239. The first-order valence-electron chi connectivity index (χ1n) is 12.3. The van der Waals surface area contributed by atoms with E-state index in [4.69, 9.17) is 0 Å². The maximum Gasteiger partial charge on any atom is 0.253 e. The molecule has 0 aromatic heterocycles. The third-order valence-electron chi connectivity index (χ3n) is 5.27. The lowest BCUT2D eigenvalue weighted by molar-refractivity contribution is -0.116. The number of rotatable bonds is 14. The molecule has 3 amide bonds. The van der Waals surface area contributed by atoms with Gasteiger partial charge in [0.15, 0.2) is 0 Å². The first-order chi connectivity index (χ1) is 16.5. The Morgan fingerprint density at radius 3 is 2.00 bits per heavy atom. The van der Waals surface area contributed by atoms with Crippen LogP contribution in [0.3, 0.4) is 0 Å². The number of anilines is 3. The Morgan fingerprint density at radius 1 is 0.735 bits per heavy atom. The van der Waals surface area contributed by atoms with Crippen molar-refractivity contribution in [1.82, 2.24) is 4.90 Å². The molecule has 2 rings (SSSR count). The summed E-state index contributed by atoms with van der Waals surface area (Å²) in [5.41, 5.74) is 2.58. The van der Waals surface area contributed by atoms with E-state index < -0.39 is 0 Å². The van der Waals surface area contributed by atoms with Crippen molar-refractivity contribution in [2.24, 2.45) is 0 Å². The molecule has 184 valence electrons. The fourth-order valence-corrected chi connectivity index (χ4v) is 3.62. The van der Waals surface area contributed by atoms with Gasteiger partial charge in [0.1, 0.15) is 0 Å². The summed E-state index contributed by atoms with van der Waals surface area (Å²) in [6.45, 7) is 7.73. The largest absolute Gasteiger partial charge is 0.376 e. The lowest BCUT2D eigenvalue weighted by Crippen LogP contribution is -2.32. The number of carbonyl (C=O) groups excluding carboxylic acids is 3. The lowest BCUT2D eigenvalue weighted by Gasteiger charge is -2.21. The van der Waals surface area contributed by atoms with Crippen molar-refractivity contribution in [3.63, 3.8) is 0 Å². The van der Waals surface area contributed by atoms with Gasteiger partial charge in [-0.2, -0.15) is 0 Å². The summed E-state index contributed by atoms with van der Waals surface area (Å²) in [6, 6.07) is 14.3. The predicted molar refractivity (Wildman–Crippen MR) is 139 cm³/mol. The molecule has 0 saturated carbocycles. The Hall–Kier alpha value is -3.35. The SMILES string of the molecule is CCCCCC(=O)Nc1cccc(NC(=O)CNc2cccc(C(=O)N(CCC)CCC)c2)c1. The molecule has 7 nitrogen and oxygen atoms in total. The molecule has 0 unspecified atom stereocenters. The fourth-order valence-electron chi connectivity index (χ4n) is 3.62. The van der Waals surface area contributed by atoms with Crippen molar-refractivity contribution < 1.29 is 14.4 Å². The highest BCUT2D eigenvalue weighted by molar-refractivity contribution is 5.97. The minimum Gasteiger partial charge on any atom is -0.376 e. The molecule has 3 N–H and O–H groups in total.